The van der Waals surface area contributed by atoms with E-state index < -0.39 is 40.7 Å². The van der Waals surface area contributed by atoms with E-state index in [0.29, 0.717) is 11.3 Å². The fraction of sp³-hybridized carbons (Fsp3) is 0.385. The van der Waals surface area contributed by atoms with Crippen LogP contribution in [0.5, 0.6) is 5.75 Å². The van der Waals surface area contributed by atoms with Crippen molar-refractivity contribution in [3.05, 3.63) is 17.7 Å². The average molecular weight is 335 g/mol. The number of anilines is 2. The molecule has 0 radical (unpaired) electrons. The van der Waals surface area contributed by atoms with E-state index in [-0.39, 0.29) is 19.5 Å². The summed E-state index contributed by atoms with van der Waals surface area (Å²) >= 11 is 0. The van der Waals surface area contributed by atoms with E-state index in [4.69, 9.17) is 16.6 Å². The second-order valence-corrected chi connectivity index (χ2v) is 4.68. The van der Waals surface area contributed by atoms with Crippen LogP contribution in [0.25, 0.3) is 0 Å². The number of carbonyl (C=O) groups is 2. The quantitative estimate of drug-likeness (QED) is 0.352. The van der Waals surface area contributed by atoms with Crippen molar-refractivity contribution in [2.24, 2.45) is 5.73 Å². The third-order valence-corrected chi connectivity index (χ3v) is 3.01. The van der Waals surface area contributed by atoms with Gasteiger partial charge in [0.2, 0.25) is 0 Å². The van der Waals surface area contributed by atoms with Crippen molar-refractivity contribution in [1.82, 2.24) is 0 Å². The minimum Gasteiger partial charge on any atom is -0.506 e. The smallest absolute Gasteiger partial charge is 0.471 e. The minimum atomic E-state index is -5.15. The third-order valence-electron chi connectivity index (χ3n) is 3.01. The molecule has 0 saturated carbocycles. The molecule has 0 aromatic heterocycles. The number of aromatic carboxylic acids is 1. The Hall–Kier alpha value is -2.49. The molecule has 0 saturated heterocycles. The van der Waals surface area contributed by atoms with Crippen LogP contribution in [-0.2, 0) is 4.79 Å². The molecule has 0 spiro atoms. The van der Waals surface area contributed by atoms with E-state index >= 15 is 0 Å². The number of alkyl halides is 3. The van der Waals surface area contributed by atoms with Crippen LogP contribution in [0.3, 0.4) is 0 Å². The lowest BCUT2D eigenvalue weighted by atomic mass is 10.1. The van der Waals surface area contributed by atoms with Gasteiger partial charge in [0.05, 0.1) is 11.3 Å². The van der Waals surface area contributed by atoms with Gasteiger partial charge in [-0.2, -0.15) is 13.2 Å². The van der Waals surface area contributed by atoms with Gasteiger partial charge in [-0.05, 0) is 25.5 Å². The molecule has 0 fully saturated rings. The normalized spacial score (nSPS) is 11.3. The number of nitrogens with two attached hydrogens (primary N) is 2. The van der Waals surface area contributed by atoms with Crippen molar-refractivity contribution in [1.29, 1.82) is 0 Å². The zero-order valence-corrected chi connectivity index (χ0v) is 11.9. The molecule has 0 heterocycles. The number of phenols is 1. The van der Waals surface area contributed by atoms with Gasteiger partial charge in [0.1, 0.15) is 5.75 Å². The number of rotatable bonds is 6. The zero-order valence-electron chi connectivity index (χ0n) is 11.9. The minimum absolute atomic E-state index is 0.172. The molecular formula is C13H16F3N3O4. The summed E-state index contributed by atoms with van der Waals surface area (Å²) in [6.45, 7) is -0.112. The number of phenolic OH excluding ortho intramolecular Hbond substituents is 1. The van der Waals surface area contributed by atoms with Gasteiger partial charge < -0.3 is 26.6 Å². The van der Waals surface area contributed by atoms with E-state index in [1.807, 2.05) is 0 Å². The number of unbranched alkanes of at least 4 members (excludes halogenated alkanes) is 1. The van der Waals surface area contributed by atoms with Crippen LogP contribution in [0.4, 0.5) is 24.5 Å². The molecule has 0 atom stereocenters. The maximum atomic E-state index is 12.7. The van der Waals surface area contributed by atoms with Crippen LogP contribution < -0.4 is 16.4 Å². The van der Waals surface area contributed by atoms with Crippen LogP contribution in [0, 0.1) is 0 Å². The largest absolute Gasteiger partial charge is 0.506 e. The van der Waals surface area contributed by atoms with E-state index in [1.54, 1.807) is 0 Å². The summed E-state index contributed by atoms with van der Waals surface area (Å²) in [7, 11) is 0. The van der Waals surface area contributed by atoms with Crippen LogP contribution in [0.1, 0.15) is 23.2 Å². The first kappa shape index (κ1) is 18.6. The molecule has 0 aliphatic heterocycles. The molecule has 0 bridgehead atoms. The summed E-state index contributed by atoms with van der Waals surface area (Å²) in [5, 5.41) is 18.6. The van der Waals surface area contributed by atoms with Crippen LogP contribution in [0.15, 0.2) is 12.1 Å². The molecule has 7 nitrogen and oxygen atoms in total. The highest BCUT2D eigenvalue weighted by atomic mass is 19.4. The van der Waals surface area contributed by atoms with Gasteiger partial charge in [0, 0.05) is 18.3 Å². The Morgan fingerprint density at radius 2 is 1.83 bits per heavy atom. The predicted molar refractivity (Wildman–Crippen MR) is 76.2 cm³/mol. The Kier molecular flexibility index (Phi) is 5.79. The van der Waals surface area contributed by atoms with Gasteiger partial charge in [0.15, 0.2) is 0 Å². The van der Waals surface area contributed by atoms with Gasteiger partial charge >= 0.3 is 18.1 Å². The van der Waals surface area contributed by atoms with Crippen LogP contribution >= 0.6 is 0 Å². The van der Waals surface area contributed by atoms with Crippen LogP contribution in [0.2, 0.25) is 0 Å². The average Bonchev–Trinajstić information content (AvgIpc) is 2.44. The first-order valence-corrected chi connectivity index (χ1v) is 6.54. The number of nitrogens with zero attached hydrogens (tertiary/aromatic N) is 1. The molecule has 0 unspecified atom stereocenters. The number of halogens is 3. The second-order valence-electron chi connectivity index (χ2n) is 4.68. The van der Waals surface area contributed by atoms with Gasteiger partial charge in [-0.3, -0.25) is 4.79 Å². The summed E-state index contributed by atoms with van der Waals surface area (Å²) in [6, 6.07) is 1.62. The summed E-state index contributed by atoms with van der Waals surface area (Å²) < 4.78 is 38.1. The SMILES string of the molecule is NCCCCN(C(=O)C(F)(F)F)c1cc(O)c(N)c(C(=O)O)c1. The maximum Gasteiger partial charge on any atom is 0.471 e. The number of hydrogen-bond donors (Lipinski definition) is 4. The first-order valence-electron chi connectivity index (χ1n) is 6.54. The molecule has 0 aliphatic carbocycles. The molecular weight excluding hydrogens is 319 g/mol. The highest BCUT2D eigenvalue weighted by molar-refractivity contribution is 6.01. The fourth-order valence-electron chi connectivity index (χ4n) is 1.87. The maximum absolute atomic E-state index is 12.7. The number of carboxylic acid groups (broad SMARTS) is 1. The molecule has 1 aromatic carbocycles. The molecule has 1 rings (SSSR count). The predicted octanol–water partition coefficient (Wildman–Crippen LogP) is 1.31. The molecule has 6 N–H and O–H groups in total. The van der Waals surface area contributed by atoms with Crippen LogP contribution in [-0.4, -0.2) is 41.4 Å². The molecule has 1 amide bonds. The molecule has 10 heteroatoms. The first-order chi connectivity index (χ1) is 10.6. The molecule has 23 heavy (non-hydrogen) atoms. The number of aromatic hydroxyl groups is 1. The molecule has 0 aliphatic rings. The summed E-state index contributed by atoms with van der Waals surface area (Å²) in [6.07, 6.45) is -4.61. The summed E-state index contributed by atoms with van der Waals surface area (Å²) in [5.41, 5.74) is 9.12. The number of carbonyl (C=O) groups excluding carboxylic acids is 1. The van der Waals surface area contributed by atoms with Crippen molar-refractivity contribution < 1.29 is 33.0 Å². The highest BCUT2D eigenvalue weighted by Gasteiger charge is 2.43. The van der Waals surface area contributed by atoms with Crippen molar-refractivity contribution in [3.8, 4) is 5.75 Å². The Morgan fingerprint density at radius 3 is 2.30 bits per heavy atom. The summed E-state index contributed by atoms with van der Waals surface area (Å²) in [4.78, 5) is 22.9. The number of benzene rings is 1. The van der Waals surface area contributed by atoms with E-state index in [1.165, 1.54) is 0 Å². The van der Waals surface area contributed by atoms with E-state index in [9.17, 15) is 27.9 Å². The lowest BCUT2D eigenvalue weighted by Crippen LogP contribution is -2.42. The van der Waals surface area contributed by atoms with Crippen molar-refractivity contribution in [2.75, 3.05) is 23.7 Å². The summed E-state index contributed by atoms with van der Waals surface area (Å²) in [5.74, 6) is -4.44. The Labute approximate surface area is 129 Å². The Balaban J connectivity index is 3.31. The Morgan fingerprint density at radius 1 is 1.22 bits per heavy atom. The number of carboxylic acids is 1. The van der Waals surface area contributed by atoms with Gasteiger partial charge in [-0.15, -0.1) is 0 Å². The lowest BCUT2D eigenvalue weighted by molar-refractivity contribution is -0.170. The van der Waals surface area contributed by atoms with Gasteiger partial charge in [0.25, 0.3) is 0 Å². The highest BCUT2D eigenvalue weighted by Crippen LogP contribution is 2.33. The number of nitrogen functional groups attached to an aromatic ring is 1. The molecule has 128 valence electrons. The number of amides is 1. The van der Waals surface area contributed by atoms with Crippen molar-refractivity contribution >= 4 is 23.3 Å². The van der Waals surface area contributed by atoms with Crippen molar-refractivity contribution in [3.63, 3.8) is 0 Å². The van der Waals surface area contributed by atoms with Gasteiger partial charge in [-0.1, -0.05) is 0 Å². The topological polar surface area (TPSA) is 130 Å². The monoisotopic (exact) mass is 335 g/mol. The Bertz CT molecular complexity index is 605. The van der Waals surface area contributed by atoms with E-state index in [0.717, 1.165) is 12.1 Å². The van der Waals surface area contributed by atoms with E-state index in [2.05, 4.69) is 0 Å². The lowest BCUT2D eigenvalue weighted by Gasteiger charge is -2.24. The van der Waals surface area contributed by atoms with Gasteiger partial charge in [-0.25, -0.2) is 4.79 Å². The standard InChI is InChI=1S/C13H16F3N3O4/c14-13(15,16)12(23)19(4-2-1-3-17)7-5-8(11(21)22)10(18)9(20)6-7/h5-6,20H,1-4,17-18H2,(H,21,22). The number of hydrogen-bond acceptors (Lipinski definition) is 5. The third kappa shape index (κ3) is 4.49. The molecule has 1 aromatic rings. The zero-order chi connectivity index (χ0) is 17.8. The second kappa shape index (κ2) is 7.18. The van der Waals surface area contributed by atoms with Crippen molar-refractivity contribution in [2.45, 2.75) is 19.0 Å². The fourth-order valence-corrected chi connectivity index (χ4v) is 1.87.